The van der Waals surface area contributed by atoms with Crippen LogP contribution in [-0.2, 0) is 15.0 Å². The number of carbonyl (C=O) groups is 2. The van der Waals surface area contributed by atoms with Gasteiger partial charge in [0.2, 0.25) is 11.9 Å². The van der Waals surface area contributed by atoms with E-state index in [1.54, 1.807) is 12.1 Å². The summed E-state index contributed by atoms with van der Waals surface area (Å²) in [6.45, 7) is 11.1. The van der Waals surface area contributed by atoms with Gasteiger partial charge in [0.25, 0.3) is 5.91 Å². The molecular formula is C19H24N4O3. The van der Waals surface area contributed by atoms with Gasteiger partial charge in [-0.2, -0.15) is 5.11 Å². The van der Waals surface area contributed by atoms with Crippen LogP contribution in [0.5, 0.6) is 0 Å². The molecule has 0 bridgehead atoms. The van der Waals surface area contributed by atoms with Gasteiger partial charge in [0.05, 0.1) is 0 Å². The summed E-state index contributed by atoms with van der Waals surface area (Å²) in [5, 5.41) is 14.3. The van der Waals surface area contributed by atoms with Crippen molar-refractivity contribution >= 4 is 23.2 Å². The van der Waals surface area contributed by atoms with Crippen LogP contribution in [0.2, 0.25) is 0 Å². The number of ketones is 1. The number of nitrogens with zero attached hydrogens (tertiary/aromatic N) is 3. The molecule has 0 aliphatic rings. The van der Waals surface area contributed by atoms with Crippen molar-refractivity contribution in [3.63, 3.8) is 0 Å². The summed E-state index contributed by atoms with van der Waals surface area (Å²) < 4.78 is 5.22. The van der Waals surface area contributed by atoms with E-state index in [0.717, 1.165) is 11.1 Å². The molecule has 1 amide bonds. The van der Waals surface area contributed by atoms with Crippen LogP contribution in [0.4, 0.5) is 11.5 Å². The second-order valence-electron chi connectivity index (χ2n) is 7.34. The molecule has 0 saturated carbocycles. The fourth-order valence-electron chi connectivity index (χ4n) is 2.26. The molecule has 1 unspecified atom stereocenters. The Morgan fingerprint density at radius 2 is 1.88 bits per heavy atom. The number of hydrogen-bond acceptors (Lipinski definition) is 6. The fourth-order valence-corrected chi connectivity index (χ4v) is 2.26. The number of anilines is 1. The normalized spacial score (nSPS) is 13.0. The number of hydrogen-bond donors (Lipinski definition) is 1. The number of amides is 1. The molecule has 1 N–H and O–H groups in total. The van der Waals surface area contributed by atoms with E-state index in [4.69, 9.17) is 4.52 Å². The first-order valence-electron chi connectivity index (χ1n) is 8.34. The lowest BCUT2D eigenvalue weighted by molar-refractivity contribution is -0.126. The summed E-state index contributed by atoms with van der Waals surface area (Å²) in [6, 6.07) is 6.03. The Morgan fingerprint density at radius 3 is 2.42 bits per heavy atom. The number of nitrogens with one attached hydrogen (secondary N) is 1. The first-order valence-corrected chi connectivity index (χ1v) is 8.34. The Balaban J connectivity index is 2.16. The summed E-state index contributed by atoms with van der Waals surface area (Å²) in [5.74, 6) is -0.0747. The minimum atomic E-state index is -1.24. The first kappa shape index (κ1) is 19.5. The molecule has 7 heteroatoms. The van der Waals surface area contributed by atoms with Crippen molar-refractivity contribution in [2.45, 2.75) is 53.0 Å². The molecule has 0 radical (unpaired) electrons. The molecule has 1 aromatic carbocycles. The van der Waals surface area contributed by atoms with Crippen molar-refractivity contribution in [2.75, 3.05) is 5.32 Å². The molecular weight excluding hydrogens is 332 g/mol. The summed E-state index contributed by atoms with van der Waals surface area (Å²) in [5.41, 5.74) is 2.41. The molecule has 2 aromatic rings. The average molecular weight is 356 g/mol. The van der Waals surface area contributed by atoms with E-state index in [-0.39, 0.29) is 11.2 Å². The van der Waals surface area contributed by atoms with E-state index in [2.05, 4.69) is 20.7 Å². The van der Waals surface area contributed by atoms with Crippen molar-refractivity contribution < 1.29 is 14.1 Å². The van der Waals surface area contributed by atoms with Gasteiger partial charge in [0.15, 0.2) is 5.78 Å². The zero-order chi connectivity index (χ0) is 19.5. The maximum Gasteiger partial charge on any atom is 0.258 e. The maximum atomic E-state index is 12.4. The Kier molecular flexibility index (Phi) is 5.69. The van der Waals surface area contributed by atoms with Gasteiger partial charge in [0.1, 0.15) is 5.76 Å². The van der Waals surface area contributed by atoms with Gasteiger partial charge in [0, 0.05) is 17.2 Å². The van der Waals surface area contributed by atoms with Crippen LogP contribution in [0.1, 0.15) is 44.6 Å². The Bertz CT molecular complexity index is 847. The molecule has 1 atom stereocenters. The monoisotopic (exact) mass is 356 g/mol. The SMILES string of the molecule is CC(=O)C(N=Nc1cc(C(C)(C)C)on1)C(=O)Nc1ccc(C)cc1C. The second kappa shape index (κ2) is 7.59. The number of Topliss-reactive ketones (excluding diaryl/α,β-unsaturated/α-hetero) is 1. The van der Waals surface area contributed by atoms with Crippen LogP contribution >= 0.6 is 0 Å². The highest BCUT2D eigenvalue weighted by Crippen LogP contribution is 2.26. The molecule has 0 fully saturated rings. The number of aromatic nitrogens is 1. The highest BCUT2D eigenvalue weighted by Gasteiger charge is 2.24. The standard InChI is InChI=1S/C19H24N4O3/c1-11-7-8-14(12(2)9-11)20-18(25)17(13(3)24)22-21-16-10-15(26-23-16)19(4,5)6/h7-10,17H,1-6H3,(H,20,25). The lowest BCUT2D eigenvalue weighted by atomic mass is 9.93. The second-order valence-corrected chi connectivity index (χ2v) is 7.34. The van der Waals surface area contributed by atoms with Crippen LogP contribution in [0.15, 0.2) is 39.0 Å². The Morgan fingerprint density at radius 1 is 1.19 bits per heavy atom. The first-order chi connectivity index (χ1) is 12.1. The topological polar surface area (TPSA) is 96.9 Å². The van der Waals surface area contributed by atoms with E-state index in [1.807, 2.05) is 46.8 Å². The lowest BCUT2D eigenvalue weighted by Gasteiger charge is -2.12. The molecule has 2 rings (SSSR count). The largest absolute Gasteiger partial charge is 0.359 e. The van der Waals surface area contributed by atoms with Gasteiger partial charge in [-0.25, -0.2) is 0 Å². The van der Waals surface area contributed by atoms with Crippen molar-refractivity contribution in [1.29, 1.82) is 0 Å². The van der Waals surface area contributed by atoms with E-state index < -0.39 is 17.7 Å². The number of benzene rings is 1. The molecule has 1 aromatic heterocycles. The van der Waals surface area contributed by atoms with Crippen LogP contribution in [0, 0.1) is 13.8 Å². The van der Waals surface area contributed by atoms with Gasteiger partial charge < -0.3 is 9.84 Å². The third-order valence-corrected chi connectivity index (χ3v) is 3.79. The van der Waals surface area contributed by atoms with Gasteiger partial charge in [-0.15, -0.1) is 5.11 Å². The average Bonchev–Trinajstić information content (AvgIpc) is 2.99. The smallest absolute Gasteiger partial charge is 0.258 e. The maximum absolute atomic E-state index is 12.4. The fraction of sp³-hybridized carbons (Fsp3) is 0.421. The molecule has 0 saturated heterocycles. The molecule has 0 spiro atoms. The quantitative estimate of drug-likeness (QED) is 0.639. The molecule has 7 nitrogen and oxygen atoms in total. The van der Waals surface area contributed by atoms with Crippen molar-refractivity contribution in [3.05, 3.63) is 41.2 Å². The lowest BCUT2D eigenvalue weighted by Crippen LogP contribution is -2.32. The van der Waals surface area contributed by atoms with Crippen LogP contribution in [0.3, 0.4) is 0 Å². The minimum Gasteiger partial charge on any atom is -0.359 e. The Labute approximate surface area is 152 Å². The van der Waals surface area contributed by atoms with Gasteiger partial charge in [-0.05, 0) is 32.4 Å². The zero-order valence-electron chi connectivity index (χ0n) is 16.0. The van der Waals surface area contributed by atoms with Crippen molar-refractivity contribution in [2.24, 2.45) is 10.2 Å². The van der Waals surface area contributed by atoms with Crippen molar-refractivity contribution in [1.82, 2.24) is 5.16 Å². The zero-order valence-corrected chi connectivity index (χ0v) is 16.0. The van der Waals surface area contributed by atoms with Gasteiger partial charge in [-0.3, -0.25) is 9.59 Å². The third kappa shape index (κ3) is 4.84. The van der Waals surface area contributed by atoms with E-state index >= 15 is 0 Å². The van der Waals surface area contributed by atoms with Crippen LogP contribution in [0.25, 0.3) is 0 Å². The van der Waals surface area contributed by atoms with Crippen LogP contribution in [-0.4, -0.2) is 22.9 Å². The van der Waals surface area contributed by atoms with Gasteiger partial charge >= 0.3 is 0 Å². The number of rotatable bonds is 5. The molecule has 26 heavy (non-hydrogen) atoms. The third-order valence-electron chi connectivity index (χ3n) is 3.79. The highest BCUT2D eigenvalue weighted by molar-refractivity contribution is 6.10. The summed E-state index contributed by atoms with van der Waals surface area (Å²) in [4.78, 5) is 24.3. The minimum absolute atomic E-state index is 0.221. The predicted octanol–water partition coefficient (Wildman–Crippen LogP) is 4.27. The summed E-state index contributed by atoms with van der Waals surface area (Å²) in [7, 11) is 0. The summed E-state index contributed by atoms with van der Waals surface area (Å²) >= 11 is 0. The molecule has 138 valence electrons. The van der Waals surface area contributed by atoms with E-state index in [0.29, 0.717) is 11.4 Å². The highest BCUT2D eigenvalue weighted by atomic mass is 16.5. The van der Waals surface area contributed by atoms with Crippen LogP contribution < -0.4 is 5.32 Å². The number of azo groups is 1. The summed E-state index contributed by atoms with van der Waals surface area (Å²) in [6.07, 6.45) is 0. The molecule has 0 aliphatic heterocycles. The van der Waals surface area contributed by atoms with Crippen molar-refractivity contribution in [3.8, 4) is 0 Å². The van der Waals surface area contributed by atoms with Gasteiger partial charge in [-0.1, -0.05) is 43.6 Å². The predicted molar refractivity (Wildman–Crippen MR) is 98.7 cm³/mol. The van der Waals surface area contributed by atoms with E-state index in [1.165, 1.54) is 6.92 Å². The Hall–Kier alpha value is -2.83. The number of carbonyl (C=O) groups excluding carboxylic acids is 2. The molecule has 0 aliphatic carbocycles. The number of aryl methyl sites for hydroxylation is 2. The molecule has 1 heterocycles. The van der Waals surface area contributed by atoms with E-state index in [9.17, 15) is 9.59 Å².